The van der Waals surface area contributed by atoms with E-state index in [4.69, 9.17) is 11.6 Å². The fraction of sp³-hybridized carbons (Fsp3) is 0.263. The van der Waals surface area contributed by atoms with Gasteiger partial charge in [0.2, 0.25) is 0 Å². The minimum absolute atomic E-state index is 0.0440. The summed E-state index contributed by atoms with van der Waals surface area (Å²) >= 11 is 7.30. The highest BCUT2D eigenvalue weighted by molar-refractivity contribution is 7.98. The highest BCUT2D eigenvalue weighted by atomic mass is 35.5. The van der Waals surface area contributed by atoms with Crippen molar-refractivity contribution in [2.75, 3.05) is 12.0 Å². The number of ether oxygens (including phenoxy) is 1. The van der Waals surface area contributed by atoms with Crippen molar-refractivity contribution in [1.29, 1.82) is 5.26 Å². The number of hydrogen-bond acceptors (Lipinski definition) is 6. The van der Waals surface area contributed by atoms with E-state index in [2.05, 4.69) is 26.3 Å². The molecular formula is C19H15ClF3N5O2S. The van der Waals surface area contributed by atoms with Gasteiger partial charge in [-0.15, -0.1) is 13.2 Å². The summed E-state index contributed by atoms with van der Waals surface area (Å²) < 4.78 is 40.7. The van der Waals surface area contributed by atoms with Crippen molar-refractivity contribution in [3.63, 3.8) is 0 Å². The number of benzene rings is 2. The third-order valence-corrected chi connectivity index (χ3v) is 5.12. The molecule has 0 aliphatic rings. The van der Waals surface area contributed by atoms with Crippen LogP contribution in [0.1, 0.15) is 10.4 Å². The minimum atomic E-state index is -4.83. The van der Waals surface area contributed by atoms with Gasteiger partial charge in [0.1, 0.15) is 16.8 Å². The smallest absolute Gasteiger partial charge is 0.406 e. The lowest BCUT2D eigenvalue weighted by atomic mass is 10.0. The van der Waals surface area contributed by atoms with Crippen LogP contribution in [0.25, 0.3) is 11.0 Å². The fourth-order valence-corrected chi connectivity index (χ4v) is 3.69. The summed E-state index contributed by atoms with van der Waals surface area (Å²) in [6.45, 7) is -0.0440. The molecule has 1 amide bonds. The van der Waals surface area contributed by atoms with Gasteiger partial charge >= 0.3 is 6.36 Å². The van der Waals surface area contributed by atoms with Crippen LogP contribution in [-0.4, -0.2) is 44.8 Å². The molecule has 12 heteroatoms. The molecular weight excluding hydrogens is 455 g/mol. The Kier molecular flexibility index (Phi) is 6.62. The molecule has 1 unspecified atom stereocenters. The Labute approximate surface area is 184 Å². The Balaban J connectivity index is 1.81. The maximum atomic E-state index is 12.7. The monoisotopic (exact) mass is 469 g/mol. The van der Waals surface area contributed by atoms with E-state index >= 15 is 0 Å². The van der Waals surface area contributed by atoms with E-state index in [-0.39, 0.29) is 17.9 Å². The third kappa shape index (κ3) is 5.80. The molecule has 3 aromatic rings. The Morgan fingerprint density at radius 2 is 1.90 bits per heavy atom. The van der Waals surface area contributed by atoms with E-state index in [9.17, 15) is 23.2 Å². The summed E-state index contributed by atoms with van der Waals surface area (Å²) in [5.41, 5.74) is -0.182. The molecule has 0 fully saturated rings. The number of thioether (sulfide) groups is 1. The minimum Gasteiger partial charge on any atom is -0.406 e. The van der Waals surface area contributed by atoms with E-state index in [1.807, 2.05) is 0 Å². The molecule has 0 aliphatic heterocycles. The van der Waals surface area contributed by atoms with Gasteiger partial charge in [-0.1, -0.05) is 11.6 Å². The van der Waals surface area contributed by atoms with Crippen LogP contribution in [0.4, 0.5) is 13.2 Å². The zero-order valence-electron chi connectivity index (χ0n) is 16.0. The molecule has 0 saturated carbocycles. The van der Waals surface area contributed by atoms with Crippen molar-refractivity contribution in [3.8, 4) is 11.8 Å². The van der Waals surface area contributed by atoms with Crippen LogP contribution in [0.5, 0.6) is 5.75 Å². The fourth-order valence-electron chi connectivity index (χ4n) is 2.81. The second-order valence-corrected chi connectivity index (χ2v) is 7.82. The largest absolute Gasteiger partial charge is 0.573 e. The van der Waals surface area contributed by atoms with Crippen molar-refractivity contribution in [2.45, 2.75) is 18.4 Å². The second kappa shape index (κ2) is 9.03. The molecule has 3 rings (SSSR count). The summed E-state index contributed by atoms with van der Waals surface area (Å²) in [6.07, 6.45) is -3.06. The Morgan fingerprint density at radius 1 is 1.23 bits per heavy atom. The molecule has 0 aliphatic carbocycles. The number of rotatable bonds is 7. The molecule has 1 heterocycles. The Bertz CT molecular complexity index is 1130. The van der Waals surface area contributed by atoms with Gasteiger partial charge in [0.15, 0.2) is 5.54 Å². The Morgan fingerprint density at radius 3 is 2.52 bits per heavy atom. The quantitative estimate of drug-likeness (QED) is 0.561. The van der Waals surface area contributed by atoms with Crippen LogP contribution < -0.4 is 10.1 Å². The van der Waals surface area contributed by atoms with Gasteiger partial charge in [0.25, 0.3) is 5.91 Å². The van der Waals surface area contributed by atoms with Gasteiger partial charge < -0.3 is 10.1 Å². The number of halogens is 4. The van der Waals surface area contributed by atoms with Crippen LogP contribution in [0, 0.1) is 11.3 Å². The first-order valence-corrected chi connectivity index (χ1v) is 10.5. The van der Waals surface area contributed by atoms with Crippen LogP contribution in [-0.2, 0) is 6.54 Å². The molecule has 1 N–H and O–H groups in total. The number of alkyl halides is 3. The predicted octanol–water partition coefficient (Wildman–Crippen LogP) is 4.04. The van der Waals surface area contributed by atoms with Crippen LogP contribution >= 0.6 is 23.4 Å². The number of nitrogens with one attached hydrogen (secondary N) is 1. The number of aromatic nitrogens is 3. The van der Waals surface area contributed by atoms with Gasteiger partial charge in [0.05, 0.1) is 12.6 Å². The summed E-state index contributed by atoms with van der Waals surface area (Å²) in [7, 11) is 0. The van der Waals surface area contributed by atoms with E-state index < -0.39 is 23.6 Å². The SMILES string of the molecule is CSCC(C#N)(Cn1nc2ccc(Cl)cc2n1)NC(=O)c1ccc(OC(F)(F)F)cc1. The Hall–Kier alpha value is -2.97. The van der Waals surface area contributed by atoms with Crippen LogP contribution in [0.15, 0.2) is 42.5 Å². The number of amides is 1. The van der Waals surface area contributed by atoms with Gasteiger partial charge in [-0.3, -0.25) is 4.79 Å². The molecule has 1 atom stereocenters. The number of carbonyl (C=O) groups is 1. The number of hydrogen-bond donors (Lipinski definition) is 1. The van der Waals surface area contributed by atoms with E-state index in [1.165, 1.54) is 28.7 Å². The lowest BCUT2D eigenvalue weighted by molar-refractivity contribution is -0.274. The topological polar surface area (TPSA) is 92.8 Å². The summed E-state index contributed by atoms with van der Waals surface area (Å²) in [6, 6.07) is 11.5. The zero-order chi connectivity index (χ0) is 22.6. The third-order valence-electron chi connectivity index (χ3n) is 4.10. The van der Waals surface area contributed by atoms with E-state index in [0.29, 0.717) is 16.1 Å². The lowest BCUT2D eigenvalue weighted by Gasteiger charge is -2.26. The van der Waals surface area contributed by atoms with Gasteiger partial charge in [-0.05, 0) is 48.7 Å². The van der Waals surface area contributed by atoms with Crippen molar-refractivity contribution in [3.05, 3.63) is 53.1 Å². The first-order chi connectivity index (χ1) is 14.6. The van der Waals surface area contributed by atoms with E-state index in [1.54, 1.807) is 24.5 Å². The van der Waals surface area contributed by atoms with E-state index in [0.717, 1.165) is 12.1 Å². The highest BCUT2D eigenvalue weighted by Crippen LogP contribution is 2.23. The molecule has 0 spiro atoms. The molecule has 2 aromatic carbocycles. The molecule has 7 nitrogen and oxygen atoms in total. The first-order valence-electron chi connectivity index (χ1n) is 8.72. The summed E-state index contributed by atoms with van der Waals surface area (Å²) in [5.74, 6) is -0.858. The van der Waals surface area contributed by atoms with Gasteiger partial charge in [-0.25, -0.2) is 0 Å². The van der Waals surface area contributed by atoms with Crippen LogP contribution in [0.2, 0.25) is 5.02 Å². The molecule has 31 heavy (non-hydrogen) atoms. The van der Waals surface area contributed by atoms with Crippen molar-refractivity contribution in [1.82, 2.24) is 20.3 Å². The standard InChI is InChI=1S/C19H15ClF3N5O2S/c1-31-11-18(9-24,10-28-26-15-7-4-13(20)8-16(15)27-28)25-17(29)12-2-5-14(6-3-12)30-19(21,22)23/h2-8H,10-11H2,1H3,(H,25,29). The number of nitriles is 1. The van der Waals surface area contributed by atoms with Crippen molar-refractivity contribution < 1.29 is 22.7 Å². The van der Waals surface area contributed by atoms with Crippen molar-refractivity contribution in [2.24, 2.45) is 0 Å². The first kappa shape index (κ1) is 22.7. The molecule has 162 valence electrons. The van der Waals surface area contributed by atoms with Crippen molar-refractivity contribution >= 4 is 40.3 Å². The molecule has 0 radical (unpaired) electrons. The average molecular weight is 470 g/mol. The summed E-state index contributed by atoms with van der Waals surface area (Å²) in [4.78, 5) is 14.0. The van der Waals surface area contributed by atoms with Gasteiger partial charge in [-0.2, -0.15) is 32.0 Å². The molecule has 0 bridgehead atoms. The zero-order valence-corrected chi connectivity index (χ0v) is 17.6. The maximum absolute atomic E-state index is 12.7. The molecule has 1 aromatic heterocycles. The van der Waals surface area contributed by atoms with Gasteiger partial charge in [0, 0.05) is 16.3 Å². The number of nitrogens with zero attached hydrogens (tertiary/aromatic N) is 4. The predicted molar refractivity (Wildman–Crippen MR) is 110 cm³/mol. The second-order valence-electron chi connectivity index (χ2n) is 6.52. The highest BCUT2D eigenvalue weighted by Gasteiger charge is 2.34. The normalized spacial score (nSPS) is 13.4. The summed E-state index contributed by atoms with van der Waals surface area (Å²) in [5, 5.41) is 21.6. The lowest BCUT2D eigenvalue weighted by Crippen LogP contribution is -2.52. The number of fused-ring (bicyclic) bond motifs is 1. The van der Waals surface area contributed by atoms with Crippen LogP contribution in [0.3, 0.4) is 0 Å². The average Bonchev–Trinajstić information content (AvgIpc) is 3.08. The maximum Gasteiger partial charge on any atom is 0.573 e. The molecule has 0 saturated heterocycles. The number of carbonyl (C=O) groups excluding carboxylic acids is 1.